The number of hydrogen-bond acceptors (Lipinski definition) is 4. The molecule has 3 aromatic rings. The van der Waals surface area contributed by atoms with Crippen LogP contribution in [0.2, 0.25) is 0 Å². The van der Waals surface area contributed by atoms with Gasteiger partial charge in [-0.1, -0.05) is 82.3 Å². The summed E-state index contributed by atoms with van der Waals surface area (Å²) in [4.78, 5) is 19.4. The molecular formula is C32H39N3O2. The predicted molar refractivity (Wildman–Crippen MR) is 147 cm³/mol. The zero-order valence-corrected chi connectivity index (χ0v) is 22.5. The van der Waals surface area contributed by atoms with Gasteiger partial charge < -0.3 is 15.4 Å². The van der Waals surface area contributed by atoms with E-state index in [4.69, 9.17) is 15.5 Å². The number of ether oxygens (including phenoxy) is 1. The Kier molecular flexibility index (Phi) is 7.09. The maximum atomic E-state index is 12.8. The van der Waals surface area contributed by atoms with Crippen molar-refractivity contribution in [2.24, 2.45) is 11.7 Å². The summed E-state index contributed by atoms with van der Waals surface area (Å²) in [5, 5.41) is 0. The van der Waals surface area contributed by atoms with Crippen LogP contribution in [0.1, 0.15) is 85.2 Å². The summed E-state index contributed by atoms with van der Waals surface area (Å²) in [6.45, 7) is 10.6. The van der Waals surface area contributed by atoms with Crippen LogP contribution in [-0.2, 0) is 36.1 Å². The van der Waals surface area contributed by atoms with Crippen molar-refractivity contribution in [3.8, 4) is 0 Å². The second kappa shape index (κ2) is 10.3. The van der Waals surface area contributed by atoms with Crippen molar-refractivity contribution in [1.82, 2.24) is 9.88 Å². The van der Waals surface area contributed by atoms with Crippen LogP contribution in [0.3, 0.4) is 0 Å². The van der Waals surface area contributed by atoms with E-state index in [1.165, 1.54) is 27.8 Å². The van der Waals surface area contributed by atoms with Crippen molar-refractivity contribution in [2.45, 2.75) is 77.5 Å². The quantitative estimate of drug-likeness (QED) is 0.440. The monoisotopic (exact) mass is 497 g/mol. The predicted octanol–water partition coefficient (Wildman–Crippen LogP) is 6.44. The second-order valence-corrected chi connectivity index (χ2v) is 11.5. The molecule has 0 bridgehead atoms. The van der Waals surface area contributed by atoms with Crippen molar-refractivity contribution < 1.29 is 9.53 Å². The summed E-state index contributed by atoms with van der Waals surface area (Å²) >= 11 is 0. The molecule has 5 heteroatoms. The van der Waals surface area contributed by atoms with Crippen LogP contribution < -0.4 is 5.73 Å². The molecule has 2 N–H and O–H groups in total. The SMILES string of the molecule is CC(C)c1cnc2c(c1)C(N)C(C(C)(C)c1ccc3c(c1)CN(C(=O)OCc1ccccc1)CC3)CC2. The zero-order valence-electron chi connectivity index (χ0n) is 22.5. The van der Waals surface area contributed by atoms with Crippen LogP contribution in [0.5, 0.6) is 0 Å². The molecule has 0 fully saturated rings. The first-order valence-electron chi connectivity index (χ1n) is 13.6. The van der Waals surface area contributed by atoms with Gasteiger partial charge in [0.2, 0.25) is 0 Å². The number of aromatic nitrogens is 1. The normalized spacial score (nSPS) is 19.4. The maximum Gasteiger partial charge on any atom is 0.410 e. The molecule has 1 aliphatic carbocycles. The first kappa shape index (κ1) is 25.5. The second-order valence-electron chi connectivity index (χ2n) is 11.5. The minimum absolute atomic E-state index is 0.0505. The topological polar surface area (TPSA) is 68.5 Å². The van der Waals surface area contributed by atoms with Gasteiger partial charge in [-0.25, -0.2) is 4.79 Å². The van der Waals surface area contributed by atoms with E-state index in [2.05, 4.69) is 52.0 Å². The van der Waals surface area contributed by atoms with E-state index < -0.39 is 0 Å². The molecule has 2 aromatic carbocycles. The molecule has 37 heavy (non-hydrogen) atoms. The first-order chi connectivity index (χ1) is 17.7. The average Bonchev–Trinajstić information content (AvgIpc) is 2.91. The van der Waals surface area contributed by atoms with Crippen molar-refractivity contribution in [2.75, 3.05) is 6.54 Å². The third-order valence-corrected chi connectivity index (χ3v) is 8.53. The number of fused-ring (bicyclic) bond motifs is 2. The summed E-state index contributed by atoms with van der Waals surface area (Å²) in [5.41, 5.74) is 15.3. The molecular weight excluding hydrogens is 458 g/mol. The minimum Gasteiger partial charge on any atom is -0.445 e. The van der Waals surface area contributed by atoms with Crippen molar-refractivity contribution >= 4 is 6.09 Å². The van der Waals surface area contributed by atoms with Gasteiger partial charge in [-0.3, -0.25) is 4.98 Å². The highest BCUT2D eigenvalue weighted by atomic mass is 16.6. The lowest BCUT2D eigenvalue weighted by atomic mass is 9.64. The maximum absolute atomic E-state index is 12.8. The van der Waals surface area contributed by atoms with Crippen LogP contribution in [0.25, 0.3) is 0 Å². The molecule has 2 unspecified atom stereocenters. The molecule has 1 aromatic heterocycles. The lowest BCUT2D eigenvalue weighted by Gasteiger charge is -2.42. The Bertz CT molecular complexity index is 1270. The Hall–Kier alpha value is -3.18. The Morgan fingerprint density at radius 2 is 1.89 bits per heavy atom. The lowest BCUT2D eigenvalue weighted by molar-refractivity contribution is 0.0918. The number of nitrogens with two attached hydrogens (primary N) is 1. The largest absolute Gasteiger partial charge is 0.445 e. The summed E-state index contributed by atoms with van der Waals surface area (Å²) in [7, 11) is 0. The van der Waals surface area contributed by atoms with Gasteiger partial charge in [-0.05, 0) is 69.9 Å². The number of pyridine rings is 1. The number of benzene rings is 2. The fourth-order valence-electron chi connectivity index (χ4n) is 5.98. The summed E-state index contributed by atoms with van der Waals surface area (Å²) in [6.07, 6.45) is 4.59. The van der Waals surface area contributed by atoms with Crippen LogP contribution in [0.15, 0.2) is 60.8 Å². The number of carbonyl (C=O) groups is 1. The van der Waals surface area contributed by atoms with E-state index in [9.17, 15) is 4.79 Å². The fourth-order valence-corrected chi connectivity index (χ4v) is 5.98. The van der Waals surface area contributed by atoms with Crippen molar-refractivity contribution in [3.05, 3.63) is 99.9 Å². The summed E-state index contributed by atoms with van der Waals surface area (Å²) in [5.74, 6) is 0.735. The van der Waals surface area contributed by atoms with Gasteiger partial charge in [-0.15, -0.1) is 0 Å². The van der Waals surface area contributed by atoms with Gasteiger partial charge >= 0.3 is 6.09 Å². The van der Waals surface area contributed by atoms with Crippen molar-refractivity contribution in [1.29, 1.82) is 0 Å². The van der Waals surface area contributed by atoms with Gasteiger partial charge in [0.1, 0.15) is 6.61 Å². The molecule has 5 rings (SSSR count). The molecule has 0 radical (unpaired) electrons. The van der Waals surface area contributed by atoms with E-state index >= 15 is 0 Å². The molecule has 0 spiro atoms. The Morgan fingerprint density at radius 1 is 1.11 bits per heavy atom. The van der Waals surface area contributed by atoms with Gasteiger partial charge in [0, 0.05) is 31.0 Å². The lowest BCUT2D eigenvalue weighted by Crippen LogP contribution is -2.41. The molecule has 1 aliphatic heterocycles. The van der Waals surface area contributed by atoms with Crippen LogP contribution in [0, 0.1) is 5.92 Å². The highest BCUT2D eigenvalue weighted by Crippen LogP contribution is 2.45. The Balaban J connectivity index is 1.33. The average molecular weight is 498 g/mol. The molecule has 0 saturated carbocycles. The minimum atomic E-state index is -0.251. The number of rotatable bonds is 5. The zero-order chi connectivity index (χ0) is 26.2. The summed E-state index contributed by atoms with van der Waals surface area (Å²) in [6, 6.07) is 18.9. The molecule has 2 heterocycles. The smallest absolute Gasteiger partial charge is 0.410 e. The van der Waals surface area contributed by atoms with Gasteiger partial charge in [0.15, 0.2) is 0 Å². The molecule has 194 valence electrons. The van der Waals surface area contributed by atoms with Crippen LogP contribution >= 0.6 is 0 Å². The highest BCUT2D eigenvalue weighted by Gasteiger charge is 2.40. The number of nitrogens with zero attached hydrogens (tertiary/aromatic N) is 2. The van der Waals surface area contributed by atoms with E-state index in [0.717, 1.165) is 30.5 Å². The van der Waals surface area contributed by atoms with Gasteiger partial charge in [0.25, 0.3) is 0 Å². The Morgan fingerprint density at radius 3 is 2.65 bits per heavy atom. The van der Waals surface area contributed by atoms with Crippen LogP contribution in [0.4, 0.5) is 4.79 Å². The van der Waals surface area contributed by atoms with E-state index in [0.29, 0.717) is 31.5 Å². The van der Waals surface area contributed by atoms with E-state index in [1.54, 1.807) is 0 Å². The Labute approximate surface area is 221 Å². The number of hydrogen-bond donors (Lipinski definition) is 1. The number of aryl methyl sites for hydroxylation is 1. The van der Waals surface area contributed by atoms with E-state index in [-0.39, 0.29) is 17.6 Å². The molecule has 2 aliphatic rings. The van der Waals surface area contributed by atoms with Crippen molar-refractivity contribution in [3.63, 3.8) is 0 Å². The van der Waals surface area contributed by atoms with Crippen LogP contribution in [-0.4, -0.2) is 22.5 Å². The molecule has 0 saturated heterocycles. The molecule has 2 atom stereocenters. The third kappa shape index (κ3) is 5.15. The van der Waals surface area contributed by atoms with Gasteiger partial charge in [0.05, 0.1) is 0 Å². The molecule has 1 amide bonds. The standard InChI is InChI=1S/C32H39N3O2/c1-21(2)24-17-27-29(34-18-24)13-12-28(30(27)33)32(3,4)26-11-10-23-14-15-35(19-25(23)16-26)31(36)37-20-22-8-6-5-7-9-22/h5-11,16-18,21,28,30H,12-15,19-20,33H2,1-4H3. The number of amides is 1. The first-order valence-corrected chi connectivity index (χ1v) is 13.6. The fraction of sp³-hybridized carbons (Fsp3) is 0.438. The number of carbonyl (C=O) groups excluding carboxylic acids is 1. The molecule has 5 nitrogen and oxygen atoms in total. The van der Waals surface area contributed by atoms with Gasteiger partial charge in [-0.2, -0.15) is 0 Å². The third-order valence-electron chi connectivity index (χ3n) is 8.53. The highest BCUT2D eigenvalue weighted by molar-refractivity contribution is 5.68. The summed E-state index contributed by atoms with van der Waals surface area (Å²) < 4.78 is 5.61. The van der Waals surface area contributed by atoms with E-state index in [1.807, 2.05) is 41.4 Å².